The summed E-state index contributed by atoms with van der Waals surface area (Å²) in [4.78, 5) is 10.7. The highest BCUT2D eigenvalue weighted by Crippen LogP contribution is 2.03. The van der Waals surface area contributed by atoms with E-state index in [0.717, 1.165) is 6.42 Å². The molecule has 3 nitrogen and oxygen atoms in total. The molecule has 4 heteroatoms. The van der Waals surface area contributed by atoms with Crippen LogP contribution in [-0.4, -0.2) is 30.1 Å². The summed E-state index contributed by atoms with van der Waals surface area (Å²) < 4.78 is 5.45. The van der Waals surface area contributed by atoms with Gasteiger partial charge >= 0.3 is 5.97 Å². The number of hydrogen-bond acceptors (Lipinski definition) is 3. The van der Waals surface area contributed by atoms with Gasteiger partial charge in [-0.1, -0.05) is 29.5 Å². The number of likely N-dealkylation sites (N-methyl/N-ethyl adjacent to an activating group) is 1. The molecule has 0 heterocycles. The summed E-state index contributed by atoms with van der Waals surface area (Å²) in [5.74, 6) is -0.176. The molecule has 0 rings (SSSR count). The predicted molar refractivity (Wildman–Crippen MR) is 53.0 cm³/mol. The Labute approximate surface area is 81.0 Å². The average Bonchev–Trinajstić information content (AvgIpc) is 1.87. The van der Waals surface area contributed by atoms with Crippen LogP contribution >= 0.6 is 22.6 Å². The number of halogens is 1. The van der Waals surface area contributed by atoms with Crippen LogP contribution in [0.15, 0.2) is 0 Å². The van der Waals surface area contributed by atoms with Gasteiger partial charge in [-0.15, -0.1) is 0 Å². The smallest absolute Gasteiger partial charge is 0.319 e. The summed E-state index contributed by atoms with van der Waals surface area (Å²) in [5.41, 5.74) is 0. The van der Waals surface area contributed by atoms with Crippen molar-refractivity contribution in [2.45, 2.75) is 17.3 Å². The fourth-order valence-corrected chi connectivity index (χ4v) is 0.785. The summed E-state index contributed by atoms with van der Waals surface area (Å²) >= 11 is 2.30. The third-order valence-corrected chi connectivity index (χ3v) is 1.72. The zero-order valence-electron chi connectivity index (χ0n) is 6.89. The van der Waals surface area contributed by atoms with Crippen molar-refractivity contribution in [3.05, 3.63) is 0 Å². The van der Waals surface area contributed by atoms with E-state index in [2.05, 4.69) is 34.8 Å². The molecule has 1 atom stereocenters. The zero-order chi connectivity index (χ0) is 8.69. The molecule has 0 bridgehead atoms. The van der Waals surface area contributed by atoms with Gasteiger partial charge in [-0.2, -0.15) is 0 Å². The van der Waals surface area contributed by atoms with Gasteiger partial charge in [0.2, 0.25) is 0 Å². The van der Waals surface area contributed by atoms with Crippen LogP contribution in [0.25, 0.3) is 0 Å². The Morgan fingerprint density at radius 1 is 1.73 bits per heavy atom. The van der Waals surface area contributed by atoms with E-state index < -0.39 is 0 Å². The molecule has 0 aromatic rings. The van der Waals surface area contributed by atoms with Crippen molar-refractivity contribution >= 4 is 28.6 Å². The Kier molecular flexibility index (Phi) is 6.94. The quantitative estimate of drug-likeness (QED) is 0.460. The van der Waals surface area contributed by atoms with Gasteiger partial charge in [-0.25, -0.2) is 0 Å². The normalized spacial score (nSPS) is 12.6. The van der Waals surface area contributed by atoms with Crippen molar-refractivity contribution in [2.24, 2.45) is 0 Å². The largest absolute Gasteiger partial charge is 0.465 e. The van der Waals surface area contributed by atoms with Crippen LogP contribution in [0.5, 0.6) is 0 Å². The lowest BCUT2D eigenvalue weighted by Gasteiger charge is -2.04. The Balaban J connectivity index is 3.17. The fraction of sp³-hybridized carbons (Fsp3) is 0.857. The van der Waals surface area contributed by atoms with Crippen LogP contribution in [0.2, 0.25) is 0 Å². The first-order valence-corrected chi connectivity index (χ1v) is 4.85. The molecule has 0 saturated heterocycles. The van der Waals surface area contributed by atoms with Crippen molar-refractivity contribution in [3.63, 3.8) is 0 Å². The second-order valence-electron chi connectivity index (χ2n) is 2.32. The summed E-state index contributed by atoms with van der Waals surface area (Å²) in [5, 5.41) is 2.73. The first-order chi connectivity index (χ1) is 5.16. The maximum atomic E-state index is 10.7. The second kappa shape index (κ2) is 6.84. The molecule has 0 spiro atoms. The van der Waals surface area contributed by atoms with Gasteiger partial charge in [0.1, 0.15) is 0 Å². The number of hydrogen-bond donors (Lipinski definition) is 1. The Bertz CT molecular complexity index is 117. The van der Waals surface area contributed by atoms with Gasteiger partial charge in [-0.05, 0) is 13.5 Å². The molecule has 0 saturated carbocycles. The minimum absolute atomic E-state index is 0.176. The average molecular weight is 271 g/mol. The van der Waals surface area contributed by atoms with Crippen LogP contribution in [0, 0.1) is 0 Å². The van der Waals surface area contributed by atoms with Crippen molar-refractivity contribution in [2.75, 3.05) is 20.2 Å². The van der Waals surface area contributed by atoms with E-state index in [0.29, 0.717) is 17.1 Å². The molecule has 1 N–H and O–H groups in total. The molecule has 0 fully saturated rings. The number of nitrogens with one attached hydrogen (secondary N) is 1. The van der Waals surface area contributed by atoms with Crippen LogP contribution in [0.1, 0.15) is 13.3 Å². The molecule has 0 radical (unpaired) electrons. The third-order valence-electron chi connectivity index (χ3n) is 1.10. The summed E-state index contributed by atoms with van der Waals surface area (Å²) in [6.45, 7) is 2.92. The van der Waals surface area contributed by atoms with Gasteiger partial charge < -0.3 is 10.1 Å². The second-order valence-corrected chi connectivity index (χ2v) is 4.45. The molecule has 0 amide bonds. The molecule has 0 aliphatic carbocycles. The highest BCUT2D eigenvalue weighted by molar-refractivity contribution is 14.1. The van der Waals surface area contributed by atoms with Crippen molar-refractivity contribution in [1.29, 1.82) is 0 Å². The Morgan fingerprint density at radius 3 is 2.82 bits per heavy atom. The van der Waals surface area contributed by atoms with E-state index in [9.17, 15) is 4.79 Å². The Hall–Kier alpha value is 0.160. The van der Waals surface area contributed by atoms with Crippen LogP contribution in [0.4, 0.5) is 0 Å². The minimum Gasteiger partial charge on any atom is -0.465 e. The van der Waals surface area contributed by atoms with Crippen molar-refractivity contribution in [3.8, 4) is 0 Å². The summed E-state index contributed by atoms with van der Waals surface area (Å²) in [6, 6.07) is 0. The third kappa shape index (κ3) is 8.06. The first kappa shape index (κ1) is 11.2. The number of carbonyl (C=O) groups excluding carboxylic acids is 1. The molecule has 0 aromatic heterocycles. The number of alkyl halides is 1. The molecule has 0 aromatic carbocycles. The highest BCUT2D eigenvalue weighted by atomic mass is 127. The molecule has 0 aliphatic heterocycles. The lowest BCUT2D eigenvalue weighted by molar-refractivity contribution is -0.142. The van der Waals surface area contributed by atoms with E-state index in [1.807, 2.05) is 0 Å². The van der Waals surface area contributed by atoms with Gasteiger partial charge in [0, 0.05) is 3.92 Å². The van der Waals surface area contributed by atoms with E-state index in [1.165, 1.54) is 0 Å². The predicted octanol–water partition coefficient (Wildman–Crippen LogP) is 0.963. The minimum atomic E-state index is -0.176. The van der Waals surface area contributed by atoms with Crippen LogP contribution < -0.4 is 5.32 Å². The molecule has 66 valence electrons. The molecular weight excluding hydrogens is 257 g/mol. The maximum Gasteiger partial charge on any atom is 0.319 e. The SMILES string of the molecule is CNCC(=O)OCCC(C)I. The van der Waals surface area contributed by atoms with Gasteiger partial charge in [0.25, 0.3) is 0 Å². The molecule has 1 unspecified atom stereocenters. The van der Waals surface area contributed by atoms with Gasteiger partial charge in [0.15, 0.2) is 0 Å². The monoisotopic (exact) mass is 271 g/mol. The number of carbonyl (C=O) groups is 1. The summed E-state index contributed by atoms with van der Waals surface area (Å²) in [6.07, 6.45) is 0.927. The number of rotatable bonds is 5. The van der Waals surface area contributed by atoms with E-state index >= 15 is 0 Å². The van der Waals surface area contributed by atoms with Crippen LogP contribution in [-0.2, 0) is 9.53 Å². The highest BCUT2D eigenvalue weighted by Gasteiger charge is 2.01. The summed E-state index contributed by atoms with van der Waals surface area (Å²) in [7, 11) is 1.72. The zero-order valence-corrected chi connectivity index (χ0v) is 9.05. The number of esters is 1. The topological polar surface area (TPSA) is 38.3 Å². The van der Waals surface area contributed by atoms with Crippen LogP contribution in [0.3, 0.4) is 0 Å². The van der Waals surface area contributed by atoms with Crippen molar-refractivity contribution < 1.29 is 9.53 Å². The molecule has 11 heavy (non-hydrogen) atoms. The molecule has 0 aliphatic rings. The lowest BCUT2D eigenvalue weighted by atomic mass is 10.4. The first-order valence-electron chi connectivity index (χ1n) is 3.61. The van der Waals surface area contributed by atoms with Gasteiger partial charge in [-0.3, -0.25) is 4.79 Å². The molecular formula is C7H14INO2. The van der Waals surface area contributed by atoms with Crippen molar-refractivity contribution in [1.82, 2.24) is 5.32 Å². The Morgan fingerprint density at radius 2 is 2.36 bits per heavy atom. The van der Waals surface area contributed by atoms with E-state index in [1.54, 1.807) is 7.05 Å². The standard InChI is InChI=1S/C7H14INO2/c1-6(8)3-4-11-7(10)5-9-2/h6,9H,3-5H2,1-2H3. The maximum absolute atomic E-state index is 10.7. The van der Waals surface area contributed by atoms with E-state index in [4.69, 9.17) is 4.74 Å². The van der Waals surface area contributed by atoms with E-state index in [-0.39, 0.29) is 5.97 Å². The fourth-order valence-electron chi connectivity index (χ4n) is 0.531. The number of ether oxygens (including phenoxy) is 1. The van der Waals surface area contributed by atoms with Gasteiger partial charge in [0.05, 0.1) is 13.2 Å². The lowest BCUT2D eigenvalue weighted by Crippen LogP contribution is -2.21.